The number of carbonyl (C=O) groups excluding carboxylic acids is 1. The molecule has 4 rings (SSSR count). The summed E-state index contributed by atoms with van der Waals surface area (Å²) in [5.41, 5.74) is 2.14. The fourth-order valence-electron chi connectivity index (χ4n) is 3.97. The van der Waals surface area contributed by atoms with Crippen LogP contribution in [0.1, 0.15) is 46.5 Å². The molecule has 0 radical (unpaired) electrons. The van der Waals surface area contributed by atoms with E-state index >= 15 is 0 Å². The van der Waals surface area contributed by atoms with Gasteiger partial charge in [0, 0.05) is 29.9 Å². The van der Waals surface area contributed by atoms with Crippen molar-refractivity contribution in [3.8, 4) is 0 Å². The first-order valence-electron chi connectivity index (χ1n) is 9.46. The Hall–Kier alpha value is -1.22. The van der Waals surface area contributed by atoms with E-state index < -0.39 is 10.0 Å². The Labute approximate surface area is 168 Å². The SMILES string of the molecule is O=C(c1csc2c1CCCC2)N1CCCC(CNS(=O)(=O)c2cccs2)C1. The number of carbonyl (C=O) groups is 1. The summed E-state index contributed by atoms with van der Waals surface area (Å²) in [6.45, 7) is 1.76. The molecule has 1 aliphatic carbocycles. The summed E-state index contributed by atoms with van der Waals surface area (Å²) in [6.07, 6.45) is 6.36. The minimum absolute atomic E-state index is 0.125. The van der Waals surface area contributed by atoms with Crippen molar-refractivity contribution in [3.05, 3.63) is 38.9 Å². The first kappa shape index (κ1) is 19.1. The molecule has 27 heavy (non-hydrogen) atoms. The summed E-state index contributed by atoms with van der Waals surface area (Å²) < 4.78 is 27.7. The highest BCUT2D eigenvalue weighted by atomic mass is 32.2. The molecule has 5 nitrogen and oxygen atoms in total. The van der Waals surface area contributed by atoms with Gasteiger partial charge in [0.05, 0.1) is 5.56 Å². The van der Waals surface area contributed by atoms with Crippen molar-refractivity contribution in [2.75, 3.05) is 19.6 Å². The lowest BCUT2D eigenvalue weighted by Crippen LogP contribution is -2.43. The number of rotatable bonds is 5. The highest BCUT2D eigenvalue weighted by Crippen LogP contribution is 2.31. The highest BCUT2D eigenvalue weighted by molar-refractivity contribution is 7.91. The Kier molecular flexibility index (Phi) is 5.68. The molecule has 3 heterocycles. The number of amides is 1. The second kappa shape index (κ2) is 8.03. The number of sulfonamides is 1. The van der Waals surface area contributed by atoms with Gasteiger partial charge < -0.3 is 4.90 Å². The van der Waals surface area contributed by atoms with E-state index in [1.54, 1.807) is 28.8 Å². The number of thiophene rings is 2. The highest BCUT2D eigenvalue weighted by Gasteiger charge is 2.29. The van der Waals surface area contributed by atoms with Crippen molar-refractivity contribution >= 4 is 38.6 Å². The fraction of sp³-hybridized carbons (Fsp3) is 0.526. The van der Waals surface area contributed by atoms with Gasteiger partial charge in [-0.05, 0) is 61.5 Å². The third-order valence-corrected chi connectivity index (χ3v) is 9.33. The van der Waals surface area contributed by atoms with Gasteiger partial charge in [0.2, 0.25) is 10.0 Å². The molecule has 2 aliphatic rings. The van der Waals surface area contributed by atoms with E-state index in [0.29, 0.717) is 17.3 Å². The molecule has 1 fully saturated rings. The lowest BCUT2D eigenvalue weighted by Gasteiger charge is -2.33. The average molecular weight is 425 g/mol. The van der Waals surface area contributed by atoms with Crippen LogP contribution in [0.5, 0.6) is 0 Å². The summed E-state index contributed by atoms with van der Waals surface area (Å²) in [6, 6.07) is 3.35. The largest absolute Gasteiger partial charge is 0.338 e. The van der Waals surface area contributed by atoms with Crippen LogP contribution in [0.15, 0.2) is 27.1 Å². The number of nitrogens with zero attached hydrogens (tertiary/aromatic N) is 1. The van der Waals surface area contributed by atoms with E-state index in [1.165, 1.54) is 28.2 Å². The van der Waals surface area contributed by atoms with Crippen molar-refractivity contribution in [3.63, 3.8) is 0 Å². The normalized spacial score (nSPS) is 20.4. The molecule has 0 saturated carbocycles. The van der Waals surface area contributed by atoms with Gasteiger partial charge >= 0.3 is 0 Å². The van der Waals surface area contributed by atoms with Crippen molar-refractivity contribution in [2.24, 2.45) is 5.92 Å². The number of hydrogen-bond acceptors (Lipinski definition) is 5. The summed E-state index contributed by atoms with van der Waals surface area (Å²) >= 11 is 2.94. The smallest absolute Gasteiger partial charge is 0.254 e. The molecule has 0 bridgehead atoms. The van der Waals surface area contributed by atoms with E-state index in [4.69, 9.17) is 0 Å². The lowest BCUT2D eigenvalue weighted by molar-refractivity contribution is 0.0675. The van der Waals surface area contributed by atoms with Crippen LogP contribution in [-0.4, -0.2) is 38.9 Å². The van der Waals surface area contributed by atoms with E-state index in [9.17, 15) is 13.2 Å². The van der Waals surface area contributed by atoms with Crippen molar-refractivity contribution in [1.29, 1.82) is 0 Å². The molecule has 2 aromatic rings. The zero-order valence-corrected chi connectivity index (χ0v) is 17.6. The van der Waals surface area contributed by atoms with Gasteiger partial charge in [-0.1, -0.05) is 6.07 Å². The maximum absolute atomic E-state index is 13.1. The Morgan fingerprint density at radius 1 is 1.22 bits per heavy atom. The van der Waals surface area contributed by atoms with Gasteiger partial charge in [0.15, 0.2) is 0 Å². The van der Waals surface area contributed by atoms with Gasteiger partial charge in [0.1, 0.15) is 4.21 Å². The van der Waals surface area contributed by atoms with Gasteiger partial charge in [0.25, 0.3) is 5.91 Å². The molecule has 2 aromatic heterocycles. The van der Waals surface area contributed by atoms with E-state index in [0.717, 1.165) is 44.2 Å². The number of fused-ring (bicyclic) bond motifs is 1. The maximum Gasteiger partial charge on any atom is 0.254 e. The van der Waals surface area contributed by atoms with E-state index in [1.807, 2.05) is 10.3 Å². The van der Waals surface area contributed by atoms with Crippen LogP contribution < -0.4 is 4.72 Å². The molecule has 0 aromatic carbocycles. The molecule has 1 aliphatic heterocycles. The van der Waals surface area contributed by atoms with Gasteiger partial charge in [-0.15, -0.1) is 22.7 Å². The summed E-state index contributed by atoms with van der Waals surface area (Å²) in [5, 5.41) is 3.79. The van der Waals surface area contributed by atoms with Crippen LogP contribution in [0.3, 0.4) is 0 Å². The molecule has 1 amide bonds. The molecule has 8 heteroatoms. The Morgan fingerprint density at radius 3 is 2.89 bits per heavy atom. The minimum atomic E-state index is -3.44. The van der Waals surface area contributed by atoms with Gasteiger partial charge in [-0.3, -0.25) is 4.79 Å². The number of hydrogen-bond donors (Lipinski definition) is 1. The van der Waals surface area contributed by atoms with Crippen LogP contribution >= 0.6 is 22.7 Å². The molecular weight excluding hydrogens is 400 g/mol. The second-order valence-electron chi connectivity index (χ2n) is 7.30. The topological polar surface area (TPSA) is 66.5 Å². The van der Waals surface area contributed by atoms with Crippen LogP contribution in [0.2, 0.25) is 0 Å². The van der Waals surface area contributed by atoms with Crippen LogP contribution in [0.25, 0.3) is 0 Å². The maximum atomic E-state index is 13.1. The summed E-state index contributed by atoms with van der Waals surface area (Å²) in [4.78, 5) is 16.4. The molecule has 1 saturated heterocycles. The van der Waals surface area contributed by atoms with E-state index in [-0.39, 0.29) is 11.8 Å². The molecule has 1 N–H and O–H groups in total. The van der Waals surface area contributed by atoms with Crippen molar-refractivity contribution < 1.29 is 13.2 Å². The fourth-order valence-corrected chi connectivity index (χ4v) is 7.25. The molecule has 1 unspecified atom stereocenters. The predicted octanol–water partition coefficient (Wildman–Crippen LogP) is 3.52. The average Bonchev–Trinajstić information content (AvgIpc) is 3.36. The van der Waals surface area contributed by atoms with E-state index in [2.05, 4.69) is 4.72 Å². The zero-order chi connectivity index (χ0) is 18.9. The third-order valence-electron chi connectivity index (χ3n) is 5.42. The van der Waals surface area contributed by atoms with Crippen LogP contribution in [0, 0.1) is 5.92 Å². The van der Waals surface area contributed by atoms with Crippen molar-refractivity contribution in [1.82, 2.24) is 9.62 Å². The summed E-state index contributed by atoms with van der Waals surface area (Å²) in [5.74, 6) is 0.284. The Bertz CT molecular complexity index is 903. The number of nitrogens with one attached hydrogen (secondary N) is 1. The molecule has 1 atom stereocenters. The second-order valence-corrected chi connectivity index (χ2v) is 11.2. The number of aryl methyl sites for hydroxylation is 1. The Balaban J connectivity index is 1.39. The Morgan fingerprint density at radius 2 is 2.07 bits per heavy atom. The number of likely N-dealkylation sites (tertiary alicyclic amines) is 1. The molecule has 0 spiro atoms. The minimum Gasteiger partial charge on any atom is -0.338 e. The quantitative estimate of drug-likeness (QED) is 0.799. The molecular formula is C19H24N2O3S3. The van der Waals surface area contributed by atoms with Crippen LogP contribution in [-0.2, 0) is 22.9 Å². The first-order chi connectivity index (χ1) is 13.0. The van der Waals surface area contributed by atoms with Gasteiger partial charge in [-0.25, -0.2) is 13.1 Å². The van der Waals surface area contributed by atoms with Crippen molar-refractivity contribution in [2.45, 2.75) is 42.7 Å². The predicted molar refractivity (Wildman–Crippen MR) is 109 cm³/mol. The standard InChI is InChI=1S/C19H24N2O3S3/c22-19(16-13-26-17-7-2-1-6-15(16)17)21-9-3-5-14(12-21)11-20-27(23,24)18-8-4-10-25-18/h4,8,10,13-14,20H,1-3,5-7,9,11-12H2. The monoisotopic (exact) mass is 424 g/mol. The van der Waals surface area contributed by atoms with Crippen LogP contribution in [0.4, 0.5) is 0 Å². The third kappa shape index (κ3) is 4.13. The first-order valence-corrected chi connectivity index (χ1v) is 12.7. The number of piperidine rings is 1. The lowest BCUT2D eigenvalue weighted by atomic mass is 9.94. The zero-order valence-electron chi connectivity index (χ0n) is 15.1. The summed E-state index contributed by atoms with van der Waals surface area (Å²) in [7, 11) is -3.44. The van der Waals surface area contributed by atoms with Gasteiger partial charge in [-0.2, -0.15) is 0 Å². The molecule has 146 valence electrons.